The second-order valence-corrected chi connectivity index (χ2v) is 0.894. The Hall–Kier alpha value is -1.76. The number of hydrogen-bond acceptors (Lipinski definition) is 12. The van der Waals surface area contributed by atoms with Gasteiger partial charge in [-0.2, -0.15) is 0 Å². The second-order valence-electron chi connectivity index (χ2n) is 0.894. The van der Waals surface area contributed by atoms with Crippen LogP contribution in [0.1, 0.15) is 0 Å². The smallest absolute Gasteiger partial charge is 0.356 e. The van der Waals surface area contributed by atoms with Gasteiger partial charge in [-0.3, -0.25) is 0 Å². The zero-order valence-electron chi connectivity index (χ0n) is 7.54. The van der Waals surface area contributed by atoms with Crippen molar-refractivity contribution >= 4 is 27.3 Å². The van der Waals surface area contributed by atoms with Crippen LogP contribution in [0.5, 0.6) is 0 Å². The molecule has 18 heteroatoms. The van der Waals surface area contributed by atoms with Crippen molar-refractivity contribution in [2.75, 3.05) is 0 Å². The molecule has 0 aromatic carbocycles. The first-order valence-electron chi connectivity index (χ1n) is 2.19. The molecule has 0 rings (SSSR count). The molecule has 0 aliphatic carbocycles. The molecule has 0 spiro atoms. The molecule has 0 atom stereocenters. The quantitative estimate of drug-likeness (QED) is 0.208. The molecule has 0 fully saturated rings. The summed E-state index contributed by atoms with van der Waals surface area (Å²) in [6.45, 7) is 0. The predicted octanol–water partition coefficient (Wildman–Crippen LogP) is -1.34. The van der Waals surface area contributed by atoms with E-state index in [1.54, 1.807) is 0 Å². The van der Waals surface area contributed by atoms with Crippen molar-refractivity contribution in [2.24, 2.45) is 0 Å². The average molecular weight is 511 g/mol. The van der Waals surface area contributed by atoms with Gasteiger partial charge in [0.1, 0.15) is 0 Å². The van der Waals surface area contributed by atoms with Crippen molar-refractivity contribution in [3.63, 3.8) is 0 Å². The van der Waals surface area contributed by atoms with E-state index < -0.39 is 20.3 Å². The molecule has 0 aliphatic rings. The van der Waals surface area contributed by atoms with Crippen LogP contribution in [0.3, 0.4) is 0 Å². The summed E-state index contributed by atoms with van der Waals surface area (Å²) < 4.78 is 0. The van der Waals surface area contributed by atoms with Gasteiger partial charge in [-0.25, -0.2) is 0 Å². The second kappa shape index (κ2) is 29.5. The van der Waals surface area contributed by atoms with Gasteiger partial charge in [0, 0.05) is 0 Å². The topological polar surface area (TPSA) is 265 Å². The van der Waals surface area contributed by atoms with Crippen molar-refractivity contribution in [1.82, 2.24) is 0 Å². The Kier molecular flexibility index (Phi) is 58.9. The van der Waals surface area contributed by atoms with Crippen LogP contribution in [-0.4, -0.2) is 47.6 Å². The van der Waals surface area contributed by atoms with Gasteiger partial charge in [0.2, 0.25) is 0 Å². The van der Waals surface area contributed by atoms with E-state index in [1.807, 2.05) is 0 Å². The standard InChI is InChI=1S/Fe.4NO3.Pb/c;4*2-1(3)4;/q+2;4*-1;+2. The van der Waals surface area contributed by atoms with Gasteiger partial charge < -0.3 is 61.3 Å². The monoisotopic (exact) mass is 512 g/mol. The minimum absolute atomic E-state index is 0. The minimum atomic E-state index is -1.75. The first-order valence-corrected chi connectivity index (χ1v) is 2.19. The molecule has 0 saturated carbocycles. The van der Waals surface area contributed by atoms with Crippen LogP contribution in [0.4, 0.5) is 0 Å². The molecule has 0 amide bonds. The third kappa shape index (κ3) is 808. The van der Waals surface area contributed by atoms with Crippen LogP contribution >= 0.6 is 0 Å². The third-order valence-electron chi connectivity index (χ3n) is 0. The van der Waals surface area contributed by atoms with Gasteiger partial charge in [0.25, 0.3) is 0 Å². The van der Waals surface area contributed by atoms with Crippen molar-refractivity contribution in [2.45, 2.75) is 0 Å². The molecule has 0 aromatic heterocycles. The van der Waals surface area contributed by atoms with Gasteiger partial charge in [-0.05, 0) is 0 Å². The van der Waals surface area contributed by atoms with Gasteiger partial charge >= 0.3 is 44.4 Å². The fraction of sp³-hybridized carbons (Fsp3) is 0. The summed E-state index contributed by atoms with van der Waals surface area (Å²) in [5, 5.41) is 59.0. The summed E-state index contributed by atoms with van der Waals surface area (Å²) in [6, 6.07) is 0. The molecule has 2 radical (unpaired) electrons. The van der Waals surface area contributed by atoms with E-state index in [4.69, 9.17) is 61.3 Å². The van der Waals surface area contributed by atoms with Crippen molar-refractivity contribution in [3.8, 4) is 0 Å². The van der Waals surface area contributed by atoms with Crippen LogP contribution in [0.25, 0.3) is 0 Å². The predicted molar refractivity (Wildman–Crippen MR) is 47.2 cm³/mol. The molecule has 0 saturated heterocycles. The summed E-state index contributed by atoms with van der Waals surface area (Å²) >= 11 is 0. The van der Waals surface area contributed by atoms with Gasteiger partial charge in [-0.1, -0.05) is 0 Å². The van der Waals surface area contributed by atoms with Gasteiger partial charge in [0.05, 0.1) is 20.3 Å². The Balaban J connectivity index is -0.0000000257. The molecule has 0 aliphatic heterocycles. The maximum absolute atomic E-state index is 8.25. The van der Waals surface area contributed by atoms with E-state index in [0.29, 0.717) is 0 Å². The van der Waals surface area contributed by atoms with Crippen LogP contribution in [0.2, 0.25) is 0 Å². The maximum Gasteiger partial charge on any atom is 2.00 e. The molecular formula is FeN4O12Pb. The Morgan fingerprint density at radius 2 is 0.444 bits per heavy atom. The van der Waals surface area contributed by atoms with E-state index >= 15 is 0 Å². The van der Waals surface area contributed by atoms with Crippen LogP contribution in [-0.2, 0) is 17.1 Å². The van der Waals surface area contributed by atoms with Crippen molar-refractivity contribution in [1.29, 1.82) is 0 Å². The fourth-order valence-electron chi connectivity index (χ4n) is 0. The molecule has 0 unspecified atom stereocenters. The summed E-state index contributed by atoms with van der Waals surface area (Å²) in [5.41, 5.74) is 0. The summed E-state index contributed by atoms with van der Waals surface area (Å²) in [6.07, 6.45) is 0. The number of rotatable bonds is 0. The first kappa shape index (κ1) is 36.0. The maximum atomic E-state index is 8.25. The van der Waals surface area contributed by atoms with Crippen LogP contribution in [0.15, 0.2) is 0 Å². The Morgan fingerprint density at radius 1 is 0.444 bits per heavy atom. The van der Waals surface area contributed by atoms with Crippen molar-refractivity contribution in [3.05, 3.63) is 61.3 Å². The average Bonchev–Trinajstić information content (AvgIpc) is 1.76. The molecule has 104 valence electrons. The van der Waals surface area contributed by atoms with Gasteiger partial charge in [0.15, 0.2) is 0 Å². The summed E-state index contributed by atoms with van der Waals surface area (Å²) in [5.74, 6) is 0. The van der Waals surface area contributed by atoms with Crippen LogP contribution in [0, 0.1) is 61.3 Å². The van der Waals surface area contributed by atoms with E-state index in [9.17, 15) is 0 Å². The largest absolute Gasteiger partial charge is 2.00 e. The molecule has 0 aromatic rings. The van der Waals surface area contributed by atoms with E-state index in [2.05, 4.69) is 0 Å². The summed E-state index contributed by atoms with van der Waals surface area (Å²) in [4.78, 5) is 33.0. The molecule has 16 nitrogen and oxygen atoms in total. The SMILES string of the molecule is O=[N+]([O-])[O-].O=[N+]([O-])[O-].O=[N+]([O-])[O-].O=[N+]([O-])[O-].[Fe+2].[Pb+2]. The molecule has 0 bridgehead atoms. The first-order chi connectivity index (χ1) is 6.93. The number of hydrogen-bond donors (Lipinski definition) is 0. The zero-order valence-corrected chi connectivity index (χ0v) is 12.5. The molecule has 18 heavy (non-hydrogen) atoms. The molecule has 0 heterocycles. The van der Waals surface area contributed by atoms with Crippen LogP contribution < -0.4 is 0 Å². The number of nitrogens with zero attached hydrogens (tertiary/aromatic N) is 4. The summed E-state index contributed by atoms with van der Waals surface area (Å²) in [7, 11) is 0. The van der Waals surface area contributed by atoms with E-state index in [1.165, 1.54) is 0 Å². The van der Waals surface area contributed by atoms with E-state index in [-0.39, 0.29) is 44.4 Å². The Labute approximate surface area is 126 Å². The van der Waals surface area contributed by atoms with Crippen molar-refractivity contribution < 1.29 is 37.4 Å². The zero-order chi connectivity index (χ0) is 14.3. The minimum Gasteiger partial charge on any atom is -0.356 e. The fourth-order valence-corrected chi connectivity index (χ4v) is 0. The molecular weight excluding hydrogens is 511 g/mol. The Bertz CT molecular complexity index is 164. The normalized spacial score (nSPS) is 5.33. The van der Waals surface area contributed by atoms with Gasteiger partial charge in [-0.15, -0.1) is 0 Å². The van der Waals surface area contributed by atoms with E-state index in [0.717, 1.165) is 0 Å². The Morgan fingerprint density at radius 3 is 0.444 bits per heavy atom. The molecule has 0 N–H and O–H groups in total. The third-order valence-corrected chi connectivity index (χ3v) is 0.